The van der Waals surface area contributed by atoms with Gasteiger partial charge in [-0.3, -0.25) is 9.69 Å². The quantitative estimate of drug-likeness (QED) is 0.193. The molecule has 2 aromatic heterocycles. The van der Waals surface area contributed by atoms with E-state index in [0.717, 1.165) is 44.9 Å². The van der Waals surface area contributed by atoms with E-state index >= 15 is 0 Å². The zero-order chi connectivity index (χ0) is 26.5. The summed E-state index contributed by atoms with van der Waals surface area (Å²) in [5.74, 6) is 3.24. The molecule has 1 amide bonds. The molecule has 0 saturated carbocycles. The van der Waals surface area contributed by atoms with Crippen LogP contribution in [0.1, 0.15) is 5.56 Å². The molecule has 8 nitrogen and oxygen atoms in total. The van der Waals surface area contributed by atoms with Crippen molar-refractivity contribution >= 4 is 50.8 Å². The molecule has 0 aliphatic rings. The molecule has 38 heavy (non-hydrogen) atoms. The Kier molecular flexibility index (Phi) is 7.55. The average Bonchev–Trinajstić information content (AvgIpc) is 3.24. The third-order valence-corrected chi connectivity index (χ3v) is 6.63. The maximum atomic E-state index is 11.8. The number of imidazole rings is 1. The van der Waals surface area contributed by atoms with Gasteiger partial charge in [0.15, 0.2) is 0 Å². The molecule has 192 valence electrons. The highest BCUT2D eigenvalue weighted by Crippen LogP contribution is 2.29. The fraction of sp³-hybridized carbons (Fsp3) is 0.138. The van der Waals surface area contributed by atoms with Crippen LogP contribution in [0.15, 0.2) is 89.5 Å². The van der Waals surface area contributed by atoms with Crippen molar-refractivity contribution in [3.63, 3.8) is 0 Å². The summed E-state index contributed by atoms with van der Waals surface area (Å²) >= 11 is 3.46. The minimum atomic E-state index is 0.473. The Morgan fingerprint density at radius 3 is 2.61 bits per heavy atom. The molecule has 5 aromatic rings. The van der Waals surface area contributed by atoms with Gasteiger partial charge in [-0.05, 0) is 66.6 Å². The van der Waals surface area contributed by atoms with Gasteiger partial charge in [-0.1, -0.05) is 28.1 Å². The number of carbonyl (C=O) groups excluding carboxylic acids is 1. The predicted molar refractivity (Wildman–Crippen MR) is 153 cm³/mol. The Morgan fingerprint density at radius 2 is 1.82 bits per heavy atom. The second-order valence-corrected chi connectivity index (χ2v) is 9.54. The molecule has 9 heteroatoms. The number of hydrogen-bond donors (Lipinski definition) is 1. The van der Waals surface area contributed by atoms with Crippen LogP contribution in [0.3, 0.4) is 0 Å². The number of nitrogens with one attached hydrogen (secondary N) is 1. The van der Waals surface area contributed by atoms with Gasteiger partial charge < -0.3 is 19.4 Å². The second-order valence-electron chi connectivity index (χ2n) is 8.63. The van der Waals surface area contributed by atoms with Gasteiger partial charge in [0, 0.05) is 42.1 Å². The first-order valence-electron chi connectivity index (χ1n) is 12.0. The minimum Gasteiger partial charge on any atom is -0.497 e. The first kappa shape index (κ1) is 25.3. The molecule has 0 bridgehead atoms. The van der Waals surface area contributed by atoms with E-state index in [1.54, 1.807) is 30.3 Å². The highest BCUT2D eigenvalue weighted by Gasteiger charge is 2.12. The molecular formula is C29H26BrN5O3. The Hall–Kier alpha value is -4.37. The van der Waals surface area contributed by atoms with Crippen LogP contribution in [-0.4, -0.2) is 34.6 Å². The number of ether oxygens (including phenoxy) is 2. The molecular weight excluding hydrogens is 546 g/mol. The van der Waals surface area contributed by atoms with Crippen LogP contribution in [0.25, 0.3) is 11.0 Å². The third kappa shape index (κ3) is 5.78. The molecule has 0 atom stereocenters. The van der Waals surface area contributed by atoms with Crippen molar-refractivity contribution in [3.8, 4) is 17.2 Å². The second kappa shape index (κ2) is 11.4. The van der Waals surface area contributed by atoms with Gasteiger partial charge in [0.1, 0.15) is 23.1 Å². The summed E-state index contributed by atoms with van der Waals surface area (Å²) in [6, 6.07) is 25.0. The predicted octanol–water partition coefficient (Wildman–Crippen LogP) is 6.48. The van der Waals surface area contributed by atoms with Crippen LogP contribution in [0.5, 0.6) is 17.2 Å². The Labute approximate surface area is 229 Å². The van der Waals surface area contributed by atoms with Gasteiger partial charge in [-0.2, -0.15) is 0 Å². The number of hydrogen-bond acceptors (Lipinski definition) is 6. The van der Waals surface area contributed by atoms with E-state index in [9.17, 15) is 4.79 Å². The number of benzene rings is 3. The van der Waals surface area contributed by atoms with Gasteiger partial charge in [0.05, 0.1) is 18.1 Å². The largest absolute Gasteiger partial charge is 0.497 e. The lowest BCUT2D eigenvalue weighted by Crippen LogP contribution is -2.24. The van der Waals surface area contributed by atoms with Crippen LogP contribution in [0.2, 0.25) is 0 Å². The summed E-state index contributed by atoms with van der Waals surface area (Å²) in [5.41, 5.74) is 3.78. The molecule has 0 fully saturated rings. The lowest BCUT2D eigenvalue weighted by atomic mass is 10.1. The summed E-state index contributed by atoms with van der Waals surface area (Å²) in [6.07, 6.45) is 3.08. The van der Waals surface area contributed by atoms with Gasteiger partial charge >= 0.3 is 0 Å². The fourth-order valence-electron chi connectivity index (χ4n) is 4.07. The van der Waals surface area contributed by atoms with Gasteiger partial charge in [-0.15, -0.1) is 0 Å². The number of pyridine rings is 1. The minimum absolute atomic E-state index is 0.473. The normalized spacial score (nSPS) is 10.8. The van der Waals surface area contributed by atoms with Crippen molar-refractivity contribution in [2.45, 2.75) is 6.42 Å². The van der Waals surface area contributed by atoms with Gasteiger partial charge in [-0.25, -0.2) is 9.97 Å². The van der Waals surface area contributed by atoms with E-state index in [1.807, 2.05) is 78.3 Å². The number of aromatic nitrogens is 3. The molecule has 0 aliphatic heterocycles. The van der Waals surface area contributed by atoms with Crippen LogP contribution in [0.4, 0.5) is 17.5 Å². The van der Waals surface area contributed by atoms with E-state index in [-0.39, 0.29) is 0 Å². The van der Waals surface area contributed by atoms with Crippen molar-refractivity contribution in [2.24, 2.45) is 7.05 Å². The van der Waals surface area contributed by atoms with Crippen LogP contribution < -0.4 is 19.7 Å². The van der Waals surface area contributed by atoms with Crippen molar-refractivity contribution in [1.29, 1.82) is 0 Å². The summed E-state index contributed by atoms with van der Waals surface area (Å²) in [5, 5.41) is 3.35. The Balaban J connectivity index is 1.30. The van der Waals surface area contributed by atoms with E-state index in [2.05, 4.69) is 26.2 Å². The molecule has 0 unspecified atom stereocenters. The Morgan fingerprint density at radius 1 is 1.00 bits per heavy atom. The number of nitrogens with zero attached hydrogens (tertiary/aromatic N) is 4. The number of rotatable bonds is 10. The SMILES string of the molecule is COc1cccc(CCN(C=O)c2cc(Oc3ccc4c(c3)nc(Nc3ccc(Br)cc3)n4C)ccn2)c1. The Bertz CT molecular complexity index is 1570. The zero-order valence-electron chi connectivity index (χ0n) is 21.0. The first-order chi connectivity index (χ1) is 18.5. The number of anilines is 3. The molecule has 3 aromatic carbocycles. The average molecular weight is 572 g/mol. The molecule has 0 spiro atoms. The number of methoxy groups -OCH3 is 1. The fourth-order valence-corrected chi connectivity index (χ4v) is 4.34. The standard InChI is InChI=1S/C29H26BrN5O3/c1-34-27-11-10-24(17-26(27)33-29(34)32-22-8-6-21(30)7-9-22)38-25-12-14-31-28(18-25)35(19-36)15-13-20-4-3-5-23(16-20)37-2/h3-12,14,16-19H,13,15H2,1-2H3,(H,32,33). The molecule has 1 N–H and O–H groups in total. The number of carbonyl (C=O) groups is 1. The first-order valence-corrected chi connectivity index (χ1v) is 12.8. The van der Waals surface area contributed by atoms with Crippen LogP contribution in [0, 0.1) is 0 Å². The smallest absolute Gasteiger partial charge is 0.215 e. The lowest BCUT2D eigenvalue weighted by Gasteiger charge is -2.17. The molecule has 0 aliphatic carbocycles. The summed E-state index contributed by atoms with van der Waals surface area (Å²) in [7, 11) is 3.60. The monoisotopic (exact) mass is 571 g/mol. The molecule has 5 rings (SSSR count). The molecule has 0 radical (unpaired) electrons. The van der Waals surface area contributed by atoms with Crippen molar-refractivity contribution in [3.05, 3.63) is 95.1 Å². The van der Waals surface area contributed by atoms with Crippen molar-refractivity contribution in [2.75, 3.05) is 23.9 Å². The van der Waals surface area contributed by atoms with Crippen molar-refractivity contribution < 1.29 is 14.3 Å². The van der Waals surface area contributed by atoms with E-state index in [4.69, 9.17) is 14.5 Å². The lowest BCUT2D eigenvalue weighted by molar-refractivity contribution is -0.107. The maximum absolute atomic E-state index is 11.8. The van der Waals surface area contributed by atoms with E-state index < -0.39 is 0 Å². The zero-order valence-corrected chi connectivity index (χ0v) is 22.6. The number of amides is 1. The topological polar surface area (TPSA) is 81.5 Å². The highest BCUT2D eigenvalue weighted by molar-refractivity contribution is 9.10. The van der Waals surface area contributed by atoms with E-state index in [1.165, 1.54) is 0 Å². The molecule has 0 saturated heterocycles. The number of halogens is 1. The van der Waals surface area contributed by atoms with E-state index in [0.29, 0.717) is 30.3 Å². The maximum Gasteiger partial charge on any atom is 0.215 e. The number of aryl methyl sites for hydroxylation is 1. The third-order valence-electron chi connectivity index (χ3n) is 6.10. The summed E-state index contributed by atoms with van der Waals surface area (Å²) in [4.78, 5) is 22.5. The van der Waals surface area contributed by atoms with Crippen molar-refractivity contribution in [1.82, 2.24) is 14.5 Å². The van der Waals surface area contributed by atoms with Crippen LogP contribution in [-0.2, 0) is 18.3 Å². The van der Waals surface area contributed by atoms with Gasteiger partial charge in [0.2, 0.25) is 12.4 Å². The summed E-state index contributed by atoms with van der Waals surface area (Å²) in [6.45, 7) is 0.473. The highest BCUT2D eigenvalue weighted by atomic mass is 79.9. The number of fused-ring (bicyclic) bond motifs is 1. The van der Waals surface area contributed by atoms with Gasteiger partial charge in [0.25, 0.3) is 0 Å². The van der Waals surface area contributed by atoms with Crippen LogP contribution >= 0.6 is 15.9 Å². The molecule has 2 heterocycles. The summed E-state index contributed by atoms with van der Waals surface area (Å²) < 4.78 is 14.4.